The lowest BCUT2D eigenvalue weighted by atomic mass is 10.1. The van der Waals surface area contributed by atoms with Crippen LogP contribution in [0.5, 0.6) is 0 Å². The van der Waals surface area contributed by atoms with Gasteiger partial charge in [0.15, 0.2) is 0 Å². The first kappa shape index (κ1) is 17.5. The van der Waals surface area contributed by atoms with Gasteiger partial charge in [0.25, 0.3) is 0 Å². The fourth-order valence-corrected chi connectivity index (χ4v) is 3.13. The van der Waals surface area contributed by atoms with Crippen LogP contribution < -0.4 is 10.2 Å². The van der Waals surface area contributed by atoms with Crippen LogP contribution >= 0.6 is 11.6 Å². The third-order valence-corrected chi connectivity index (χ3v) is 4.38. The highest BCUT2D eigenvalue weighted by Crippen LogP contribution is 2.23. The van der Waals surface area contributed by atoms with E-state index in [0.717, 1.165) is 49.3 Å². The number of nitrogens with zero attached hydrogens (tertiary/aromatic N) is 2. The second kappa shape index (κ2) is 8.17. The average molecular weight is 356 g/mol. The largest absolute Gasteiger partial charge is 0.331 e. The van der Waals surface area contributed by atoms with Crippen LogP contribution in [0.1, 0.15) is 31.2 Å². The van der Waals surface area contributed by atoms with Crippen molar-refractivity contribution in [3.05, 3.63) is 59.1 Å². The second-order valence-corrected chi connectivity index (χ2v) is 6.66. The van der Waals surface area contributed by atoms with Crippen molar-refractivity contribution in [2.75, 3.05) is 16.8 Å². The van der Waals surface area contributed by atoms with E-state index in [4.69, 9.17) is 11.6 Å². The number of amidine groups is 1. The molecule has 0 aliphatic carbocycles. The van der Waals surface area contributed by atoms with Crippen LogP contribution in [0, 0.1) is 6.92 Å². The van der Waals surface area contributed by atoms with Gasteiger partial charge in [0.2, 0.25) is 0 Å². The van der Waals surface area contributed by atoms with Gasteiger partial charge in [-0.2, -0.15) is 0 Å². The van der Waals surface area contributed by atoms with E-state index in [9.17, 15) is 4.79 Å². The molecule has 1 N–H and O–H groups in total. The minimum atomic E-state index is -0.214. The number of hydrogen-bond acceptors (Lipinski definition) is 2. The molecule has 0 unspecified atom stereocenters. The first-order valence-corrected chi connectivity index (χ1v) is 8.98. The molecule has 0 atom stereocenters. The third-order valence-electron chi connectivity index (χ3n) is 4.15. The zero-order valence-electron chi connectivity index (χ0n) is 14.3. The summed E-state index contributed by atoms with van der Waals surface area (Å²) in [6.45, 7) is 2.79. The molecule has 130 valence electrons. The lowest BCUT2D eigenvalue weighted by Gasteiger charge is -2.25. The number of carbonyl (C=O) groups is 1. The quantitative estimate of drug-likeness (QED) is 0.742. The number of nitrogens with one attached hydrogen (secondary N) is 1. The minimum absolute atomic E-state index is 0.214. The summed E-state index contributed by atoms with van der Waals surface area (Å²) in [5.74, 6) is 0.822. The molecule has 25 heavy (non-hydrogen) atoms. The Hall–Kier alpha value is -2.33. The average Bonchev–Trinajstić information content (AvgIpc) is 2.84. The van der Waals surface area contributed by atoms with Gasteiger partial charge >= 0.3 is 6.03 Å². The molecule has 0 saturated carbocycles. The molecule has 0 saturated heterocycles. The molecule has 5 heteroatoms. The van der Waals surface area contributed by atoms with Crippen molar-refractivity contribution < 1.29 is 4.79 Å². The van der Waals surface area contributed by atoms with E-state index in [1.165, 1.54) is 0 Å². The van der Waals surface area contributed by atoms with Gasteiger partial charge in [-0.15, -0.1) is 0 Å². The van der Waals surface area contributed by atoms with Crippen LogP contribution in [0.4, 0.5) is 16.2 Å². The normalized spacial score (nSPS) is 14.4. The van der Waals surface area contributed by atoms with Gasteiger partial charge in [-0.1, -0.05) is 36.2 Å². The number of benzene rings is 2. The topological polar surface area (TPSA) is 44.7 Å². The summed E-state index contributed by atoms with van der Waals surface area (Å²) in [7, 11) is 0. The molecule has 0 aromatic heterocycles. The summed E-state index contributed by atoms with van der Waals surface area (Å²) in [5, 5.41) is 3.53. The molecule has 1 heterocycles. The van der Waals surface area contributed by atoms with Gasteiger partial charge in [0.05, 0.1) is 5.69 Å². The van der Waals surface area contributed by atoms with Crippen LogP contribution in [-0.4, -0.2) is 18.4 Å². The van der Waals surface area contributed by atoms with Gasteiger partial charge < -0.3 is 5.32 Å². The Morgan fingerprint density at radius 3 is 2.76 bits per heavy atom. The van der Waals surface area contributed by atoms with Gasteiger partial charge in [0, 0.05) is 23.7 Å². The predicted octanol–water partition coefficient (Wildman–Crippen LogP) is 5.66. The van der Waals surface area contributed by atoms with E-state index in [1.54, 1.807) is 17.0 Å². The molecule has 0 radical (unpaired) electrons. The molecule has 0 spiro atoms. The zero-order valence-corrected chi connectivity index (χ0v) is 15.1. The van der Waals surface area contributed by atoms with Crippen LogP contribution in [0.25, 0.3) is 0 Å². The molecule has 0 bridgehead atoms. The number of urea groups is 1. The maximum atomic E-state index is 13.0. The maximum absolute atomic E-state index is 13.0. The highest BCUT2D eigenvalue weighted by atomic mass is 35.5. The number of halogens is 1. The van der Waals surface area contributed by atoms with Crippen molar-refractivity contribution in [3.8, 4) is 0 Å². The SMILES string of the molecule is Cc1cccc(N(C(=O)Nc2cccc(Cl)c2)C2=NCCCCC2)c1. The van der Waals surface area contributed by atoms with E-state index >= 15 is 0 Å². The van der Waals surface area contributed by atoms with Crippen LogP contribution in [0.3, 0.4) is 0 Å². The van der Waals surface area contributed by atoms with Gasteiger partial charge in [-0.25, -0.2) is 4.79 Å². The lowest BCUT2D eigenvalue weighted by molar-refractivity contribution is 0.259. The van der Waals surface area contributed by atoms with Crippen LogP contribution in [0.15, 0.2) is 53.5 Å². The number of aryl methyl sites for hydroxylation is 1. The summed E-state index contributed by atoms with van der Waals surface area (Å²) in [6, 6.07) is 14.9. The molecular weight excluding hydrogens is 334 g/mol. The lowest BCUT2D eigenvalue weighted by Crippen LogP contribution is -2.40. The number of hydrogen-bond donors (Lipinski definition) is 1. The standard InChI is InChI=1S/C20H22ClN3O/c1-15-7-5-10-18(13-15)24(19-11-3-2-4-12-22-19)20(25)23-17-9-6-8-16(21)14-17/h5-10,13-14H,2-4,11-12H2,1H3,(H,23,25). The Balaban J connectivity index is 1.92. The minimum Gasteiger partial charge on any atom is -0.307 e. The molecule has 2 aromatic carbocycles. The first-order chi connectivity index (χ1) is 12.1. The fraction of sp³-hybridized carbons (Fsp3) is 0.300. The number of rotatable bonds is 2. The van der Waals surface area contributed by atoms with E-state index in [1.807, 2.05) is 43.3 Å². The van der Waals surface area contributed by atoms with Gasteiger partial charge in [-0.3, -0.25) is 9.89 Å². The van der Waals surface area contributed by atoms with Crippen molar-refractivity contribution in [2.45, 2.75) is 32.6 Å². The number of carbonyl (C=O) groups excluding carboxylic acids is 1. The molecule has 1 aliphatic rings. The highest BCUT2D eigenvalue weighted by molar-refractivity contribution is 6.31. The molecule has 2 amide bonds. The van der Waals surface area contributed by atoms with E-state index in [-0.39, 0.29) is 6.03 Å². The second-order valence-electron chi connectivity index (χ2n) is 6.22. The highest BCUT2D eigenvalue weighted by Gasteiger charge is 2.22. The van der Waals surface area contributed by atoms with Crippen molar-refractivity contribution in [1.29, 1.82) is 0 Å². The smallest absolute Gasteiger partial charge is 0.307 e. The summed E-state index contributed by atoms with van der Waals surface area (Å²) < 4.78 is 0. The fourth-order valence-electron chi connectivity index (χ4n) is 2.94. The summed E-state index contributed by atoms with van der Waals surface area (Å²) in [6.07, 6.45) is 4.06. The Labute approximate surface area is 153 Å². The number of aliphatic imine (C=N–C) groups is 1. The predicted molar refractivity (Wildman–Crippen MR) is 105 cm³/mol. The van der Waals surface area contributed by atoms with Crippen LogP contribution in [0.2, 0.25) is 5.02 Å². The Morgan fingerprint density at radius 2 is 1.96 bits per heavy atom. The Bertz CT molecular complexity index is 788. The number of amides is 2. The molecule has 0 fully saturated rings. The van der Waals surface area contributed by atoms with Crippen molar-refractivity contribution in [3.63, 3.8) is 0 Å². The third kappa shape index (κ3) is 4.60. The zero-order chi connectivity index (χ0) is 17.6. The summed E-state index contributed by atoms with van der Waals surface area (Å²) >= 11 is 6.03. The van der Waals surface area contributed by atoms with Crippen molar-refractivity contribution in [1.82, 2.24) is 0 Å². The number of anilines is 2. The summed E-state index contributed by atoms with van der Waals surface area (Å²) in [4.78, 5) is 19.4. The van der Waals surface area contributed by atoms with E-state index < -0.39 is 0 Å². The molecule has 1 aliphatic heterocycles. The Morgan fingerprint density at radius 1 is 1.12 bits per heavy atom. The van der Waals surface area contributed by atoms with Crippen molar-refractivity contribution >= 4 is 34.8 Å². The molecule has 2 aromatic rings. The summed E-state index contributed by atoms with van der Waals surface area (Å²) in [5.41, 5.74) is 2.61. The molecular formula is C20H22ClN3O. The Kier molecular flexibility index (Phi) is 5.71. The van der Waals surface area contributed by atoms with Crippen LogP contribution in [-0.2, 0) is 0 Å². The van der Waals surface area contributed by atoms with Crippen molar-refractivity contribution in [2.24, 2.45) is 4.99 Å². The monoisotopic (exact) mass is 355 g/mol. The van der Waals surface area contributed by atoms with Gasteiger partial charge in [-0.05, 0) is 55.7 Å². The van der Waals surface area contributed by atoms with Gasteiger partial charge in [0.1, 0.15) is 5.84 Å². The first-order valence-electron chi connectivity index (χ1n) is 8.60. The van der Waals surface area contributed by atoms with E-state index in [2.05, 4.69) is 10.3 Å². The van der Waals surface area contributed by atoms with E-state index in [0.29, 0.717) is 10.7 Å². The maximum Gasteiger partial charge on any atom is 0.331 e. The molecule has 3 rings (SSSR count). The molecule has 4 nitrogen and oxygen atoms in total.